The Hall–Kier alpha value is -2.97. The molecule has 1 fully saturated rings. The van der Waals surface area contributed by atoms with Gasteiger partial charge in [0.15, 0.2) is 6.61 Å². The van der Waals surface area contributed by atoms with Crippen molar-refractivity contribution in [1.29, 1.82) is 0 Å². The van der Waals surface area contributed by atoms with Crippen LogP contribution in [0.3, 0.4) is 0 Å². The van der Waals surface area contributed by atoms with Gasteiger partial charge in [-0.05, 0) is 70.7 Å². The smallest absolute Gasteiger partial charge is 0.338 e. The second-order valence-electron chi connectivity index (χ2n) is 7.97. The normalized spacial score (nSPS) is 21.7. The fraction of sp³-hybridized carbons (Fsp3) is 0.250. The monoisotopic (exact) mass is 530 g/mol. The Morgan fingerprint density at radius 3 is 2.55 bits per heavy atom. The van der Waals surface area contributed by atoms with E-state index < -0.39 is 18.5 Å². The zero-order valence-electron chi connectivity index (χ0n) is 17.6. The standard InChI is InChI=1S/C24H20BrClN2O5/c1-13-3-2-4-17-21(13)23(31)28(22(17)30)16-8-5-14(6-9-16)24(32)33-12-20(29)27-15-7-10-18(25)19(26)11-15/h2-3,5-11,13,17,21H,4,12H2,1H3,(H,27,29)/t13-,17+,21+/m1/s1. The average molecular weight is 532 g/mol. The van der Waals surface area contributed by atoms with Gasteiger partial charge in [0.25, 0.3) is 5.91 Å². The zero-order chi connectivity index (χ0) is 23.7. The van der Waals surface area contributed by atoms with Gasteiger partial charge in [0.2, 0.25) is 11.8 Å². The fourth-order valence-corrected chi connectivity index (χ4v) is 4.56. The maximum absolute atomic E-state index is 12.9. The van der Waals surface area contributed by atoms with Crippen LogP contribution in [0.15, 0.2) is 59.1 Å². The van der Waals surface area contributed by atoms with Gasteiger partial charge in [0, 0.05) is 10.2 Å². The first kappa shape index (κ1) is 23.2. The van der Waals surface area contributed by atoms with Gasteiger partial charge in [-0.3, -0.25) is 19.3 Å². The summed E-state index contributed by atoms with van der Waals surface area (Å²) in [5, 5.41) is 3.03. The maximum atomic E-state index is 12.9. The second-order valence-corrected chi connectivity index (χ2v) is 9.23. The number of carbonyl (C=O) groups is 4. The summed E-state index contributed by atoms with van der Waals surface area (Å²) in [6.07, 6.45) is 4.46. The number of hydrogen-bond acceptors (Lipinski definition) is 5. The molecule has 9 heteroatoms. The molecule has 0 aromatic heterocycles. The number of hydrogen-bond donors (Lipinski definition) is 1. The lowest BCUT2D eigenvalue weighted by Gasteiger charge is -2.22. The Kier molecular flexibility index (Phi) is 6.67. The van der Waals surface area contributed by atoms with E-state index >= 15 is 0 Å². The molecule has 0 saturated carbocycles. The molecular weight excluding hydrogens is 512 g/mol. The van der Waals surface area contributed by atoms with Crippen molar-refractivity contribution in [2.45, 2.75) is 13.3 Å². The molecule has 3 amide bonds. The van der Waals surface area contributed by atoms with E-state index in [9.17, 15) is 19.2 Å². The molecule has 0 spiro atoms. The summed E-state index contributed by atoms with van der Waals surface area (Å²) in [7, 11) is 0. The van der Waals surface area contributed by atoms with E-state index in [-0.39, 0.29) is 35.1 Å². The third-order valence-electron chi connectivity index (χ3n) is 5.77. The largest absolute Gasteiger partial charge is 0.452 e. The van der Waals surface area contributed by atoms with E-state index in [0.29, 0.717) is 27.3 Å². The summed E-state index contributed by atoms with van der Waals surface area (Å²) in [5.41, 5.74) is 1.08. The number of anilines is 2. The van der Waals surface area contributed by atoms with Crippen LogP contribution in [0.1, 0.15) is 23.7 Å². The fourth-order valence-electron chi connectivity index (χ4n) is 4.13. The van der Waals surface area contributed by atoms with Gasteiger partial charge in [-0.15, -0.1) is 0 Å². The topological polar surface area (TPSA) is 92.8 Å². The third-order valence-corrected chi connectivity index (χ3v) is 7.00. The number of imide groups is 1. The molecular formula is C24H20BrClN2O5. The summed E-state index contributed by atoms with van der Waals surface area (Å²) < 4.78 is 5.76. The van der Waals surface area contributed by atoms with Crippen LogP contribution in [-0.2, 0) is 19.1 Å². The first-order valence-corrected chi connectivity index (χ1v) is 11.5. The van der Waals surface area contributed by atoms with Crippen molar-refractivity contribution in [2.75, 3.05) is 16.8 Å². The molecule has 1 aliphatic carbocycles. The summed E-state index contributed by atoms with van der Waals surface area (Å²) in [6, 6.07) is 10.9. The molecule has 1 saturated heterocycles. The van der Waals surface area contributed by atoms with Crippen molar-refractivity contribution in [2.24, 2.45) is 17.8 Å². The Bertz CT molecular complexity index is 1160. The summed E-state index contributed by atoms with van der Waals surface area (Å²) >= 11 is 9.26. The van der Waals surface area contributed by atoms with Gasteiger partial charge in [0.05, 0.1) is 28.1 Å². The Balaban J connectivity index is 1.36. The van der Waals surface area contributed by atoms with Crippen LogP contribution < -0.4 is 10.2 Å². The van der Waals surface area contributed by atoms with Crippen LogP contribution in [-0.4, -0.2) is 30.3 Å². The third kappa shape index (κ3) is 4.72. The van der Waals surface area contributed by atoms with Gasteiger partial charge >= 0.3 is 5.97 Å². The lowest BCUT2D eigenvalue weighted by molar-refractivity contribution is -0.123. The molecule has 7 nitrogen and oxygen atoms in total. The number of amides is 3. The van der Waals surface area contributed by atoms with Gasteiger partial charge in [0.1, 0.15) is 0 Å². The van der Waals surface area contributed by atoms with Gasteiger partial charge in [-0.2, -0.15) is 0 Å². The number of nitrogens with zero attached hydrogens (tertiary/aromatic N) is 1. The number of benzene rings is 2. The number of rotatable bonds is 5. The molecule has 0 radical (unpaired) electrons. The highest BCUT2D eigenvalue weighted by Gasteiger charge is 2.50. The van der Waals surface area contributed by atoms with Crippen molar-refractivity contribution in [3.63, 3.8) is 0 Å². The molecule has 1 aliphatic heterocycles. The van der Waals surface area contributed by atoms with E-state index in [0.717, 1.165) is 0 Å². The van der Waals surface area contributed by atoms with Crippen molar-refractivity contribution >= 4 is 62.6 Å². The highest BCUT2D eigenvalue weighted by molar-refractivity contribution is 9.10. The number of ether oxygens (including phenoxy) is 1. The lowest BCUT2D eigenvalue weighted by Crippen LogP contribution is -2.31. The number of allylic oxidation sites excluding steroid dienone is 2. The van der Waals surface area contributed by atoms with Gasteiger partial charge in [-0.25, -0.2) is 4.79 Å². The van der Waals surface area contributed by atoms with E-state index in [1.165, 1.54) is 29.2 Å². The molecule has 4 rings (SSSR count). The van der Waals surface area contributed by atoms with Crippen molar-refractivity contribution < 1.29 is 23.9 Å². The molecule has 170 valence electrons. The molecule has 1 N–H and O–H groups in total. The Morgan fingerprint density at radius 2 is 1.88 bits per heavy atom. The van der Waals surface area contributed by atoms with Gasteiger partial charge in [-0.1, -0.05) is 30.7 Å². The minimum atomic E-state index is -0.698. The van der Waals surface area contributed by atoms with E-state index in [1.54, 1.807) is 18.2 Å². The van der Waals surface area contributed by atoms with Crippen molar-refractivity contribution in [1.82, 2.24) is 0 Å². The Labute approximate surface area is 203 Å². The molecule has 33 heavy (non-hydrogen) atoms. The van der Waals surface area contributed by atoms with E-state index in [1.807, 2.05) is 19.1 Å². The van der Waals surface area contributed by atoms with Crippen LogP contribution >= 0.6 is 27.5 Å². The minimum Gasteiger partial charge on any atom is -0.452 e. The summed E-state index contributed by atoms with van der Waals surface area (Å²) in [4.78, 5) is 51.3. The molecule has 3 atom stereocenters. The molecule has 2 aliphatic rings. The number of carbonyl (C=O) groups excluding carboxylic acids is 4. The minimum absolute atomic E-state index is 0.000896. The first-order chi connectivity index (χ1) is 15.8. The molecule has 1 heterocycles. The summed E-state index contributed by atoms with van der Waals surface area (Å²) in [5.74, 6) is -2.36. The first-order valence-electron chi connectivity index (χ1n) is 10.3. The summed E-state index contributed by atoms with van der Waals surface area (Å²) in [6.45, 7) is 1.45. The predicted molar refractivity (Wildman–Crippen MR) is 127 cm³/mol. The van der Waals surface area contributed by atoms with Crippen LogP contribution in [0, 0.1) is 17.8 Å². The van der Waals surface area contributed by atoms with Gasteiger partial charge < -0.3 is 10.1 Å². The van der Waals surface area contributed by atoms with E-state index in [2.05, 4.69) is 21.2 Å². The number of fused-ring (bicyclic) bond motifs is 1. The number of halogens is 2. The predicted octanol–water partition coefficient (Wildman–Crippen LogP) is 4.60. The van der Waals surface area contributed by atoms with Crippen LogP contribution in [0.2, 0.25) is 5.02 Å². The molecule has 0 bridgehead atoms. The van der Waals surface area contributed by atoms with Crippen molar-refractivity contribution in [3.8, 4) is 0 Å². The van der Waals surface area contributed by atoms with E-state index in [4.69, 9.17) is 16.3 Å². The highest BCUT2D eigenvalue weighted by Crippen LogP contribution is 2.40. The maximum Gasteiger partial charge on any atom is 0.338 e. The Morgan fingerprint density at radius 1 is 1.15 bits per heavy atom. The molecule has 2 aromatic carbocycles. The van der Waals surface area contributed by atoms with Crippen molar-refractivity contribution in [3.05, 3.63) is 69.7 Å². The highest BCUT2D eigenvalue weighted by atomic mass is 79.9. The number of esters is 1. The second kappa shape index (κ2) is 9.49. The molecule has 2 aromatic rings. The number of nitrogens with one attached hydrogen (secondary N) is 1. The van der Waals surface area contributed by atoms with Crippen LogP contribution in [0.4, 0.5) is 11.4 Å². The quantitative estimate of drug-likeness (QED) is 0.346. The SMILES string of the molecule is C[C@@H]1C=CC[C@@H]2C(=O)N(c3ccc(C(=O)OCC(=O)Nc4ccc(Br)c(Cl)c4)cc3)C(=O)[C@@H]12. The molecule has 0 unspecified atom stereocenters. The van der Waals surface area contributed by atoms with Crippen LogP contribution in [0.25, 0.3) is 0 Å². The lowest BCUT2D eigenvalue weighted by atomic mass is 9.78. The van der Waals surface area contributed by atoms with Crippen LogP contribution in [0.5, 0.6) is 0 Å². The average Bonchev–Trinajstić information content (AvgIpc) is 3.06. The zero-order valence-corrected chi connectivity index (χ0v) is 19.9.